The van der Waals surface area contributed by atoms with Crippen LogP contribution in [0.15, 0.2) is 0 Å². The molecule has 0 unspecified atom stereocenters. The Hall–Kier alpha value is -1.06. The molecule has 10 heavy (non-hydrogen) atoms. The number of likely N-dealkylation sites (N-methyl/N-ethyl adjacent to an activating group) is 1. The van der Waals surface area contributed by atoms with E-state index >= 15 is 0 Å². The smallest absolute Gasteiger partial charge is 0.396 e. The van der Waals surface area contributed by atoms with Crippen LogP contribution >= 0.6 is 0 Å². The van der Waals surface area contributed by atoms with Crippen molar-refractivity contribution in [3.63, 3.8) is 0 Å². The van der Waals surface area contributed by atoms with Crippen molar-refractivity contribution in [2.45, 2.75) is 6.92 Å². The third kappa shape index (κ3) is 2.48. The van der Waals surface area contributed by atoms with E-state index in [1.54, 1.807) is 6.92 Å². The summed E-state index contributed by atoms with van der Waals surface area (Å²) in [6.45, 7) is 1.89. The standard InChI is InChI=1S/C6H11NO3/c1-4-10-6(9)5(8)7(2)3/h4H2,1-3H3/i5+1. The van der Waals surface area contributed by atoms with Crippen molar-refractivity contribution in [2.75, 3.05) is 20.7 Å². The van der Waals surface area contributed by atoms with Gasteiger partial charge in [-0.1, -0.05) is 0 Å². The molecule has 0 aromatic rings. The fourth-order valence-electron chi connectivity index (χ4n) is 0.375. The fourth-order valence-corrected chi connectivity index (χ4v) is 0.375. The largest absolute Gasteiger partial charge is 0.459 e. The first kappa shape index (κ1) is 8.94. The summed E-state index contributed by atoms with van der Waals surface area (Å²) in [6, 6.07) is 0. The topological polar surface area (TPSA) is 46.6 Å². The van der Waals surface area contributed by atoms with Crippen LogP contribution in [0.2, 0.25) is 0 Å². The Kier molecular flexibility index (Phi) is 3.46. The van der Waals surface area contributed by atoms with Gasteiger partial charge in [0, 0.05) is 14.1 Å². The SMILES string of the molecule is CCOC(=O)[13C](=O)N(C)C. The normalized spacial score (nSPS) is 8.70. The van der Waals surface area contributed by atoms with Crippen molar-refractivity contribution >= 4 is 11.9 Å². The summed E-state index contributed by atoms with van der Waals surface area (Å²) >= 11 is 0. The van der Waals surface area contributed by atoms with Gasteiger partial charge in [-0.3, -0.25) is 4.79 Å². The average molecular weight is 146 g/mol. The van der Waals surface area contributed by atoms with E-state index in [1.165, 1.54) is 19.0 Å². The zero-order chi connectivity index (χ0) is 8.15. The first-order valence-electron chi connectivity index (χ1n) is 2.98. The van der Waals surface area contributed by atoms with E-state index in [1.807, 2.05) is 0 Å². The molecule has 0 saturated heterocycles. The molecule has 0 aliphatic rings. The molecule has 0 radical (unpaired) electrons. The first-order valence-corrected chi connectivity index (χ1v) is 2.98. The highest BCUT2D eigenvalue weighted by Gasteiger charge is 2.15. The van der Waals surface area contributed by atoms with Crippen molar-refractivity contribution in [1.29, 1.82) is 0 Å². The van der Waals surface area contributed by atoms with Gasteiger partial charge in [0.05, 0.1) is 6.61 Å². The summed E-state index contributed by atoms with van der Waals surface area (Å²) in [5.41, 5.74) is 0. The predicted molar refractivity (Wildman–Crippen MR) is 35.3 cm³/mol. The molecule has 0 saturated carbocycles. The van der Waals surface area contributed by atoms with Crippen LogP contribution in [0.1, 0.15) is 6.92 Å². The van der Waals surface area contributed by atoms with Crippen LogP contribution in [0.4, 0.5) is 0 Å². The molecule has 0 bridgehead atoms. The molecule has 4 nitrogen and oxygen atoms in total. The maximum Gasteiger partial charge on any atom is 0.396 e. The Morgan fingerprint density at radius 1 is 1.40 bits per heavy atom. The Balaban J connectivity index is 3.83. The van der Waals surface area contributed by atoms with Crippen LogP contribution in [0.3, 0.4) is 0 Å². The molecule has 0 aliphatic heterocycles. The van der Waals surface area contributed by atoms with Gasteiger partial charge >= 0.3 is 11.9 Å². The molecule has 0 N–H and O–H groups in total. The first-order chi connectivity index (χ1) is 4.59. The number of hydrogen-bond donors (Lipinski definition) is 0. The van der Waals surface area contributed by atoms with E-state index in [-0.39, 0.29) is 6.61 Å². The number of nitrogens with zero attached hydrogens (tertiary/aromatic N) is 1. The second-order valence-electron chi connectivity index (χ2n) is 1.92. The molecule has 0 aromatic heterocycles. The van der Waals surface area contributed by atoms with Crippen LogP contribution in [0.5, 0.6) is 0 Å². The van der Waals surface area contributed by atoms with Gasteiger partial charge in [0.2, 0.25) is 0 Å². The van der Waals surface area contributed by atoms with E-state index in [0.29, 0.717) is 0 Å². The van der Waals surface area contributed by atoms with Gasteiger partial charge in [0.15, 0.2) is 0 Å². The van der Waals surface area contributed by atoms with Crippen LogP contribution in [-0.2, 0) is 14.3 Å². The lowest BCUT2D eigenvalue weighted by molar-refractivity contribution is -0.158. The lowest BCUT2D eigenvalue weighted by Crippen LogP contribution is -2.31. The minimum atomic E-state index is -0.799. The van der Waals surface area contributed by atoms with Crippen molar-refractivity contribution in [3.8, 4) is 0 Å². The fraction of sp³-hybridized carbons (Fsp3) is 0.667. The highest BCUT2D eigenvalue weighted by atomic mass is 16.5. The zero-order valence-electron chi connectivity index (χ0n) is 6.38. The minimum Gasteiger partial charge on any atom is -0.459 e. The molecule has 0 heterocycles. The average Bonchev–Trinajstić information content (AvgIpc) is 1.87. The van der Waals surface area contributed by atoms with Gasteiger partial charge < -0.3 is 9.64 Å². The van der Waals surface area contributed by atoms with E-state index in [9.17, 15) is 9.59 Å². The number of carbonyl (C=O) groups excluding carboxylic acids is 2. The number of rotatable bonds is 1. The van der Waals surface area contributed by atoms with Crippen molar-refractivity contribution < 1.29 is 14.3 Å². The summed E-state index contributed by atoms with van der Waals surface area (Å²) in [5, 5.41) is 0. The molecule has 4 heteroatoms. The van der Waals surface area contributed by atoms with E-state index in [4.69, 9.17) is 0 Å². The van der Waals surface area contributed by atoms with Crippen LogP contribution in [0.25, 0.3) is 0 Å². The number of esters is 1. The predicted octanol–water partition coefficient (Wildman–Crippen LogP) is -0.362. The Labute approximate surface area is 59.8 Å². The monoisotopic (exact) mass is 146 g/mol. The molecule has 0 spiro atoms. The maximum atomic E-state index is 10.7. The van der Waals surface area contributed by atoms with Gasteiger partial charge in [-0.15, -0.1) is 0 Å². The Bertz CT molecular complexity index is 142. The lowest BCUT2D eigenvalue weighted by atomic mass is 10.8. The minimum absolute atomic E-state index is 0.235. The van der Waals surface area contributed by atoms with Crippen molar-refractivity contribution in [1.82, 2.24) is 4.90 Å². The number of hydrogen-bond acceptors (Lipinski definition) is 3. The Morgan fingerprint density at radius 3 is 2.20 bits per heavy atom. The lowest BCUT2D eigenvalue weighted by Gasteiger charge is -2.07. The molecular formula is C6H11NO3. The maximum absolute atomic E-state index is 10.7. The molecule has 0 aliphatic carbocycles. The summed E-state index contributed by atoms with van der Waals surface area (Å²) in [5.74, 6) is -1.42. The van der Waals surface area contributed by atoms with Gasteiger partial charge in [0.1, 0.15) is 0 Å². The summed E-state index contributed by atoms with van der Waals surface area (Å²) in [7, 11) is 3.00. The van der Waals surface area contributed by atoms with Gasteiger partial charge in [-0.2, -0.15) is 0 Å². The van der Waals surface area contributed by atoms with Gasteiger partial charge in [-0.05, 0) is 6.92 Å². The second-order valence-corrected chi connectivity index (χ2v) is 1.92. The molecule has 0 rings (SSSR count). The number of ether oxygens (including phenoxy) is 1. The van der Waals surface area contributed by atoms with Gasteiger partial charge in [0.25, 0.3) is 0 Å². The second kappa shape index (κ2) is 3.87. The molecule has 0 aromatic carbocycles. The highest BCUT2D eigenvalue weighted by molar-refractivity contribution is 6.32. The Morgan fingerprint density at radius 2 is 1.90 bits per heavy atom. The number of carbonyl (C=O) groups is 2. The third-order valence-corrected chi connectivity index (χ3v) is 0.856. The van der Waals surface area contributed by atoms with Crippen LogP contribution in [0, 0.1) is 0 Å². The summed E-state index contributed by atoms with van der Waals surface area (Å²) < 4.78 is 4.43. The van der Waals surface area contributed by atoms with E-state index in [2.05, 4.69) is 4.74 Å². The molecule has 0 atom stereocenters. The number of amides is 1. The van der Waals surface area contributed by atoms with Crippen molar-refractivity contribution in [3.05, 3.63) is 0 Å². The third-order valence-electron chi connectivity index (χ3n) is 0.856. The summed E-state index contributed by atoms with van der Waals surface area (Å²) in [4.78, 5) is 22.4. The molecule has 58 valence electrons. The molecule has 0 fully saturated rings. The molecular weight excluding hydrogens is 135 g/mol. The molecule has 1 amide bonds. The summed E-state index contributed by atoms with van der Waals surface area (Å²) in [6.07, 6.45) is 0. The van der Waals surface area contributed by atoms with Gasteiger partial charge in [-0.25, -0.2) is 4.79 Å². The van der Waals surface area contributed by atoms with E-state index < -0.39 is 11.9 Å². The van der Waals surface area contributed by atoms with Crippen molar-refractivity contribution in [2.24, 2.45) is 0 Å². The highest BCUT2D eigenvalue weighted by Crippen LogP contribution is 1.83. The van der Waals surface area contributed by atoms with Crippen LogP contribution < -0.4 is 0 Å². The quantitative estimate of drug-likeness (QED) is 0.288. The van der Waals surface area contributed by atoms with Crippen LogP contribution in [-0.4, -0.2) is 37.5 Å². The van der Waals surface area contributed by atoms with E-state index in [0.717, 1.165) is 0 Å². The zero-order valence-corrected chi connectivity index (χ0v) is 6.38.